The highest BCUT2D eigenvalue weighted by atomic mass is 16.3. The molecule has 1 unspecified atom stereocenters. The van der Waals surface area contributed by atoms with Gasteiger partial charge in [-0.3, -0.25) is 0 Å². The molecule has 1 aromatic heterocycles. The quantitative estimate of drug-likeness (QED) is 0.288. The predicted molar refractivity (Wildman–Crippen MR) is 130 cm³/mol. The van der Waals surface area contributed by atoms with Gasteiger partial charge in [0.05, 0.1) is 5.69 Å². The Kier molecular flexibility index (Phi) is 3.87. The third kappa shape index (κ3) is 2.59. The molecule has 5 aromatic rings. The monoisotopic (exact) mass is 404 g/mol. The number of fused-ring (bicyclic) bond motifs is 6. The van der Waals surface area contributed by atoms with Gasteiger partial charge in [0.1, 0.15) is 17.3 Å². The zero-order chi connectivity index (χ0) is 21.1. The highest BCUT2D eigenvalue weighted by molar-refractivity contribution is 6.07. The molecule has 0 bridgehead atoms. The van der Waals surface area contributed by atoms with Crippen LogP contribution in [0.25, 0.3) is 33.1 Å². The van der Waals surface area contributed by atoms with E-state index < -0.39 is 0 Å². The summed E-state index contributed by atoms with van der Waals surface area (Å²) < 4.78 is 6.14. The van der Waals surface area contributed by atoms with E-state index in [2.05, 4.69) is 103 Å². The Morgan fingerprint density at radius 1 is 0.677 bits per heavy atom. The molecule has 0 radical (unpaired) electrons. The number of hydrogen-bond acceptors (Lipinski definition) is 3. The fraction of sp³-hybridized carbons (Fsp3) is 0.143. The number of anilines is 3. The highest BCUT2D eigenvalue weighted by Crippen LogP contribution is 2.46. The van der Waals surface area contributed by atoms with E-state index in [1.54, 1.807) is 0 Å². The summed E-state index contributed by atoms with van der Waals surface area (Å²) >= 11 is 0. The minimum atomic E-state index is 0.138. The van der Waals surface area contributed by atoms with Crippen LogP contribution in [0.4, 0.5) is 17.1 Å². The topological polar surface area (TPSA) is 19.6 Å². The summed E-state index contributed by atoms with van der Waals surface area (Å²) in [4.78, 5) is 4.83. The lowest BCUT2D eigenvalue weighted by Crippen LogP contribution is -2.41. The molecule has 0 saturated carbocycles. The zero-order valence-electron chi connectivity index (χ0n) is 18.0. The van der Waals surface area contributed by atoms with Crippen molar-refractivity contribution in [2.75, 3.05) is 16.8 Å². The SMILES string of the molecule is Cc1cc2oc3ccccc3c2cc1N1c2ccccc2-c2ccccc2N(C)C1C. The van der Waals surface area contributed by atoms with Crippen LogP contribution in [0.3, 0.4) is 0 Å². The molecule has 3 nitrogen and oxygen atoms in total. The van der Waals surface area contributed by atoms with Crippen LogP contribution >= 0.6 is 0 Å². The second-order valence-electron chi connectivity index (χ2n) is 8.38. The molecule has 152 valence electrons. The first-order valence-corrected chi connectivity index (χ1v) is 10.8. The van der Waals surface area contributed by atoms with Gasteiger partial charge in [0.15, 0.2) is 0 Å². The predicted octanol–water partition coefficient (Wildman–Crippen LogP) is 7.50. The number of hydrogen-bond donors (Lipinski definition) is 0. The van der Waals surface area contributed by atoms with E-state index in [0.29, 0.717) is 0 Å². The van der Waals surface area contributed by atoms with E-state index in [-0.39, 0.29) is 6.17 Å². The Morgan fingerprint density at radius 3 is 2.13 bits per heavy atom. The van der Waals surface area contributed by atoms with Crippen molar-refractivity contribution in [3.63, 3.8) is 0 Å². The van der Waals surface area contributed by atoms with Crippen LogP contribution in [-0.4, -0.2) is 13.2 Å². The van der Waals surface area contributed by atoms with Crippen molar-refractivity contribution in [3.8, 4) is 11.1 Å². The average molecular weight is 405 g/mol. The molecule has 4 aromatic carbocycles. The number of benzene rings is 4. The smallest absolute Gasteiger partial charge is 0.135 e. The van der Waals surface area contributed by atoms with Crippen molar-refractivity contribution in [3.05, 3.63) is 90.5 Å². The minimum Gasteiger partial charge on any atom is -0.456 e. The molecule has 0 N–H and O–H groups in total. The minimum absolute atomic E-state index is 0.138. The lowest BCUT2D eigenvalue weighted by atomic mass is 10.0. The van der Waals surface area contributed by atoms with Crippen molar-refractivity contribution in [2.24, 2.45) is 0 Å². The molecule has 0 spiro atoms. The van der Waals surface area contributed by atoms with Gasteiger partial charge in [-0.05, 0) is 49.7 Å². The molecule has 3 heteroatoms. The fourth-order valence-corrected chi connectivity index (χ4v) is 4.95. The number of rotatable bonds is 1. The zero-order valence-corrected chi connectivity index (χ0v) is 18.0. The Bertz CT molecular complexity index is 1450. The lowest BCUT2D eigenvalue weighted by Gasteiger charge is -2.37. The standard InChI is InChI=1S/C28H24N2O/c1-18-16-28-23(22-12-6-9-15-27(22)31-28)17-26(18)30-19(2)29(3)24-13-7-4-10-20(24)21-11-5-8-14-25(21)30/h4-17,19H,1-3H3. The number of nitrogens with zero attached hydrogens (tertiary/aromatic N) is 2. The number of para-hydroxylation sites is 3. The van der Waals surface area contributed by atoms with E-state index >= 15 is 0 Å². The van der Waals surface area contributed by atoms with Crippen LogP contribution < -0.4 is 9.80 Å². The van der Waals surface area contributed by atoms with E-state index in [9.17, 15) is 0 Å². The maximum absolute atomic E-state index is 6.14. The van der Waals surface area contributed by atoms with Crippen molar-refractivity contribution >= 4 is 39.0 Å². The summed E-state index contributed by atoms with van der Waals surface area (Å²) in [7, 11) is 2.18. The van der Waals surface area contributed by atoms with Crippen LogP contribution in [0, 0.1) is 6.92 Å². The van der Waals surface area contributed by atoms with Crippen molar-refractivity contribution in [1.29, 1.82) is 0 Å². The van der Waals surface area contributed by atoms with Gasteiger partial charge in [0.25, 0.3) is 0 Å². The molecule has 1 aliphatic rings. The largest absolute Gasteiger partial charge is 0.456 e. The molecule has 1 atom stereocenters. The summed E-state index contributed by atoms with van der Waals surface area (Å²) in [5.41, 5.74) is 9.27. The Morgan fingerprint density at radius 2 is 1.32 bits per heavy atom. The van der Waals surface area contributed by atoms with Gasteiger partial charge >= 0.3 is 0 Å². The lowest BCUT2D eigenvalue weighted by molar-refractivity contribution is 0.668. The van der Waals surface area contributed by atoms with Gasteiger partial charge in [-0.25, -0.2) is 0 Å². The number of aryl methyl sites for hydroxylation is 1. The summed E-state index contributed by atoms with van der Waals surface area (Å²) in [6.07, 6.45) is 0.138. The van der Waals surface area contributed by atoms with Gasteiger partial charge in [-0.1, -0.05) is 54.6 Å². The van der Waals surface area contributed by atoms with E-state index in [0.717, 1.165) is 21.9 Å². The van der Waals surface area contributed by atoms with E-state index in [1.807, 2.05) is 12.1 Å². The molecule has 2 heterocycles. The summed E-state index contributed by atoms with van der Waals surface area (Å²) in [5.74, 6) is 0. The summed E-state index contributed by atoms with van der Waals surface area (Å²) in [6.45, 7) is 4.45. The maximum atomic E-state index is 6.14. The summed E-state index contributed by atoms with van der Waals surface area (Å²) in [5, 5.41) is 2.32. The Hall–Kier alpha value is -3.72. The van der Waals surface area contributed by atoms with Gasteiger partial charge in [-0.15, -0.1) is 0 Å². The second kappa shape index (κ2) is 6.64. The number of furan rings is 1. The van der Waals surface area contributed by atoms with E-state index in [4.69, 9.17) is 4.42 Å². The average Bonchev–Trinajstić information content (AvgIpc) is 3.12. The van der Waals surface area contributed by atoms with Crippen LogP contribution in [0.2, 0.25) is 0 Å². The van der Waals surface area contributed by atoms with Crippen LogP contribution in [-0.2, 0) is 0 Å². The first-order valence-electron chi connectivity index (χ1n) is 10.8. The van der Waals surface area contributed by atoms with Crippen molar-refractivity contribution < 1.29 is 4.42 Å². The third-order valence-electron chi connectivity index (χ3n) is 6.63. The van der Waals surface area contributed by atoms with Gasteiger partial charge in [0.2, 0.25) is 0 Å². The molecule has 0 aliphatic carbocycles. The maximum Gasteiger partial charge on any atom is 0.135 e. The van der Waals surface area contributed by atoms with Crippen LogP contribution in [0.1, 0.15) is 12.5 Å². The third-order valence-corrected chi connectivity index (χ3v) is 6.63. The normalized spacial score (nSPS) is 15.8. The van der Waals surface area contributed by atoms with Gasteiger partial charge in [-0.2, -0.15) is 0 Å². The Labute approximate surface area is 182 Å². The molecule has 0 amide bonds. The van der Waals surface area contributed by atoms with Crippen molar-refractivity contribution in [1.82, 2.24) is 0 Å². The molecule has 0 saturated heterocycles. The molecule has 1 aliphatic heterocycles. The van der Waals surface area contributed by atoms with Crippen LogP contribution in [0.15, 0.2) is 89.3 Å². The first kappa shape index (κ1) is 18.1. The highest BCUT2D eigenvalue weighted by Gasteiger charge is 2.30. The molecule has 0 fully saturated rings. The Balaban J connectivity index is 1.65. The molecule has 31 heavy (non-hydrogen) atoms. The van der Waals surface area contributed by atoms with Gasteiger partial charge in [0, 0.05) is 40.3 Å². The molecule has 6 rings (SSSR count). The van der Waals surface area contributed by atoms with E-state index in [1.165, 1.54) is 33.8 Å². The fourth-order valence-electron chi connectivity index (χ4n) is 4.95. The van der Waals surface area contributed by atoms with Crippen LogP contribution in [0.5, 0.6) is 0 Å². The summed E-state index contributed by atoms with van der Waals surface area (Å²) in [6, 6.07) is 30.2. The molecular formula is C28H24N2O. The first-order chi connectivity index (χ1) is 15.1. The molecular weight excluding hydrogens is 380 g/mol. The van der Waals surface area contributed by atoms with Gasteiger partial charge < -0.3 is 14.2 Å². The van der Waals surface area contributed by atoms with Crippen molar-refractivity contribution in [2.45, 2.75) is 20.0 Å². The second-order valence-corrected chi connectivity index (χ2v) is 8.38.